The van der Waals surface area contributed by atoms with Crippen LogP contribution in [0.4, 0.5) is 4.79 Å². The molecule has 82 valence electrons. The number of Topliss-reactive ketones (excluding diaryl/α,β-unsaturated/α-hetero) is 1. The van der Waals surface area contributed by atoms with Crippen LogP contribution in [0.15, 0.2) is 0 Å². The second-order valence-electron chi connectivity index (χ2n) is 4.81. The molecule has 0 radical (unpaired) electrons. The largest absolute Gasteiger partial charge is 0.465 e. The topological polar surface area (TPSA) is 81.4 Å². The van der Waals surface area contributed by atoms with E-state index in [-0.39, 0.29) is 18.7 Å². The van der Waals surface area contributed by atoms with E-state index in [9.17, 15) is 14.9 Å². The van der Waals surface area contributed by atoms with Crippen LogP contribution in [0.2, 0.25) is 0 Å². The van der Waals surface area contributed by atoms with Crippen molar-refractivity contribution < 1.29 is 14.7 Å². The molecule has 0 saturated carbocycles. The number of likely N-dealkylation sites (tertiary alicyclic amines) is 1. The minimum atomic E-state index is -1.23. The van der Waals surface area contributed by atoms with Crippen LogP contribution in [0, 0.1) is 16.7 Å². The molecule has 0 aromatic rings. The average molecular weight is 210 g/mol. The summed E-state index contributed by atoms with van der Waals surface area (Å²) in [6.07, 6.45) is -1.23. The van der Waals surface area contributed by atoms with E-state index >= 15 is 0 Å². The summed E-state index contributed by atoms with van der Waals surface area (Å²) in [6, 6.07) is 2.00. The van der Waals surface area contributed by atoms with Crippen molar-refractivity contribution in [2.24, 2.45) is 5.41 Å². The normalized spacial score (nSPS) is 26.5. The standard InChI is InChI=1S/C10H14N2O3/c1-9(2,3)10(6-11)4-7(13)5-12(10)8(14)15/h4-5H2,1-3H3,(H,14,15). The van der Waals surface area contributed by atoms with Gasteiger partial charge in [-0.1, -0.05) is 20.8 Å². The highest BCUT2D eigenvalue weighted by Crippen LogP contribution is 2.41. The van der Waals surface area contributed by atoms with E-state index < -0.39 is 17.0 Å². The lowest BCUT2D eigenvalue weighted by atomic mass is 9.73. The van der Waals surface area contributed by atoms with Crippen molar-refractivity contribution in [2.45, 2.75) is 32.7 Å². The molecule has 1 aliphatic heterocycles. The number of rotatable bonds is 0. The molecule has 1 rings (SSSR count). The zero-order valence-corrected chi connectivity index (χ0v) is 9.07. The summed E-state index contributed by atoms with van der Waals surface area (Å²) in [7, 11) is 0. The SMILES string of the molecule is CC(C)(C)C1(C#N)CC(=O)CN1C(=O)O. The number of carbonyl (C=O) groups is 2. The van der Waals surface area contributed by atoms with Gasteiger partial charge in [0, 0.05) is 6.42 Å². The van der Waals surface area contributed by atoms with Crippen LogP contribution >= 0.6 is 0 Å². The fraction of sp³-hybridized carbons (Fsp3) is 0.700. The maximum atomic E-state index is 11.3. The van der Waals surface area contributed by atoms with E-state index in [2.05, 4.69) is 0 Å². The number of carboxylic acid groups (broad SMARTS) is 1. The molecule has 1 aliphatic rings. The maximum Gasteiger partial charge on any atom is 0.409 e. The van der Waals surface area contributed by atoms with Crippen molar-refractivity contribution in [3.63, 3.8) is 0 Å². The lowest BCUT2D eigenvalue weighted by Crippen LogP contribution is -2.54. The number of amides is 1. The average Bonchev–Trinajstić information content (AvgIpc) is 2.42. The molecule has 0 aromatic carbocycles. The summed E-state index contributed by atoms with van der Waals surface area (Å²) in [4.78, 5) is 23.3. The Balaban J connectivity index is 3.24. The van der Waals surface area contributed by atoms with Crippen LogP contribution in [0.5, 0.6) is 0 Å². The van der Waals surface area contributed by atoms with Gasteiger partial charge in [-0.2, -0.15) is 5.26 Å². The van der Waals surface area contributed by atoms with Gasteiger partial charge < -0.3 is 5.11 Å². The molecular formula is C10H14N2O3. The highest BCUT2D eigenvalue weighted by molar-refractivity contribution is 5.90. The number of ketones is 1. The molecule has 1 N–H and O–H groups in total. The first-order valence-electron chi connectivity index (χ1n) is 4.68. The minimum absolute atomic E-state index is 0.0146. The van der Waals surface area contributed by atoms with Crippen LogP contribution in [0.3, 0.4) is 0 Å². The van der Waals surface area contributed by atoms with E-state index in [1.807, 2.05) is 6.07 Å². The monoisotopic (exact) mass is 210 g/mol. The molecule has 0 bridgehead atoms. The Kier molecular flexibility index (Phi) is 2.48. The maximum absolute atomic E-state index is 11.3. The Morgan fingerprint density at radius 2 is 2.13 bits per heavy atom. The predicted molar refractivity (Wildman–Crippen MR) is 52.2 cm³/mol. The Bertz CT molecular complexity index is 351. The highest BCUT2D eigenvalue weighted by atomic mass is 16.4. The lowest BCUT2D eigenvalue weighted by molar-refractivity contribution is -0.117. The van der Waals surface area contributed by atoms with Gasteiger partial charge in [0.25, 0.3) is 0 Å². The van der Waals surface area contributed by atoms with E-state index in [1.165, 1.54) is 0 Å². The second-order valence-corrected chi connectivity index (χ2v) is 4.81. The third kappa shape index (κ3) is 1.56. The number of hydrogen-bond donors (Lipinski definition) is 1. The van der Waals surface area contributed by atoms with Gasteiger partial charge in [-0.05, 0) is 5.41 Å². The minimum Gasteiger partial charge on any atom is -0.465 e. The summed E-state index contributed by atoms with van der Waals surface area (Å²) < 4.78 is 0. The van der Waals surface area contributed by atoms with Gasteiger partial charge in [0.2, 0.25) is 0 Å². The summed E-state index contributed by atoms with van der Waals surface area (Å²) in [5.41, 5.74) is -1.80. The zero-order valence-electron chi connectivity index (χ0n) is 9.07. The summed E-state index contributed by atoms with van der Waals surface area (Å²) >= 11 is 0. The third-order valence-corrected chi connectivity index (χ3v) is 2.90. The molecule has 1 heterocycles. The fourth-order valence-corrected chi connectivity index (χ4v) is 1.92. The van der Waals surface area contributed by atoms with Crippen LogP contribution in [-0.4, -0.2) is 34.0 Å². The molecule has 1 atom stereocenters. The predicted octanol–water partition coefficient (Wildman–Crippen LogP) is 1.25. The number of hydrogen-bond acceptors (Lipinski definition) is 3. The molecule has 1 amide bonds. The number of carbonyl (C=O) groups excluding carboxylic acids is 1. The molecule has 1 saturated heterocycles. The summed E-state index contributed by atoms with van der Waals surface area (Å²) in [5, 5.41) is 18.2. The molecule has 0 aromatic heterocycles. The van der Waals surface area contributed by atoms with Crippen LogP contribution in [0.25, 0.3) is 0 Å². The van der Waals surface area contributed by atoms with Gasteiger partial charge in [-0.3, -0.25) is 9.69 Å². The molecule has 0 spiro atoms. The molecular weight excluding hydrogens is 196 g/mol. The van der Waals surface area contributed by atoms with Crippen molar-refractivity contribution in [1.82, 2.24) is 4.90 Å². The fourth-order valence-electron chi connectivity index (χ4n) is 1.92. The Hall–Kier alpha value is -1.57. The van der Waals surface area contributed by atoms with Crippen LogP contribution in [0.1, 0.15) is 27.2 Å². The lowest BCUT2D eigenvalue weighted by Gasteiger charge is -2.40. The van der Waals surface area contributed by atoms with Gasteiger partial charge in [0.05, 0.1) is 12.6 Å². The Morgan fingerprint density at radius 1 is 1.60 bits per heavy atom. The van der Waals surface area contributed by atoms with E-state index in [0.717, 1.165) is 4.90 Å². The van der Waals surface area contributed by atoms with Gasteiger partial charge in [0.15, 0.2) is 5.78 Å². The van der Waals surface area contributed by atoms with Gasteiger partial charge >= 0.3 is 6.09 Å². The first-order chi connectivity index (χ1) is 6.74. The van der Waals surface area contributed by atoms with Gasteiger partial charge in [-0.25, -0.2) is 4.79 Å². The smallest absolute Gasteiger partial charge is 0.409 e. The van der Waals surface area contributed by atoms with Crippen molar-refractivity contribution in [2.75, 3.05) is 6.54 Å². The van der Waals surface area contributed by atoms with Crippen LogP contribution in [-0.2, 0) is 4.79 Å². The van der Waals surface area contributed by atoms with Crippen molar-refractivity contribution in [1.29, 1.82) is 5.26 Å². The molecule has 15 heavy (non-hydrogen) atoms. The van der Waals surface area contributed by atoms with Crippen molar-refractivity contribution >= 4 is 11.9 Å². The highest BCUT2D eigenvalue weighted by Gasteiger charge is 2.55. The van der Waals surface area contributed by atoms with Gasteiger partial charge in [0.1, 0.15) is 5.54 Å². The Labute approximate surface area is 88.3 Å². The first-order valence-corrected chi connectivity index (χ1v) is 4.68. The van der Waals surface area contributed by atoms with E-state index in [4.69, 9.17) is 5.11 Å². The van der Waals surface area contributed by atoms with E-state index in [1.54, 1.807) is 20.8 Å². The van der Waals surface area contributed by atoms with E-state index in [0.29, 0.717) is 0 Å². The van der Waals surface area contributed by atoms with Gasteiger partial charge in [-0.15, -0.1) is 0 Å². The molecule has 5 heteroatoms. The first kappa shape index (κ1) is 11.5. The second kappa shape index (κ2) is 3.23. The Morgan fingerprint density at radius 3 is 2.40 bits per heavy atom. The third-order valence-electron chi connectivity index (χ3n) is 2.90. The van der Waals surface area contributed by atoms with Crippen molar-refractivity contribution in [3.05, 3.63) is 0 Å². The number of nitriles is 1. The molecule has 1 unspecified atom stereocenters. The van der Waals surface area contributed by atoms with Crippen molar-refractivity contribution in [3.8, 4) is 6.07 Å². The molecule has 0 aliphatic carbocycles. The quantitative estimate of drug-likeness (QED) is 0.652. The van der Waals surface area contributed by atoms with Crippen LogP contribution < -0.4 is 0 Å². The molecule has 1 fully saturated rings. The zero-order chi connectivity index (χ0) is 11.9. The summed E-state index contributed by atoms with van der Waals surface area (Å²) in [5.74, 6) is -0.200. The number of nitrogens with zero attached hydrogens (tertiary/aromatic N) is 2. The molecule has 5 nitrogen and oxygen atoms in total. The summed E-state index contributed by atoms with van der Waals surface area (Å²) in [6.45, 7) is 5.13.